The summed E-state index contributed by atoms with van der Waals surface area (Å²) in [5.74, 6) is -0.573. The van der Waals surface area contributed by atoms with E-state index in [2.05, 4.69) is 16.0 Å². The molecule has 3 amide bonds. The van der Waals surface area contributed by atoms with E-state index in [0.29, 0.717) is 22.6 Å². The summed E-state index contributed by atoms with van der Waals surface area (Å²) >= 11 is 0. The van der Waals surface area contributed by atoms with E-state index >= 15 is 0 Å². The van der Waals surface area contributed by atoms with E-state index in [4.69, 9.17) is 4.74 Å². The lowest BCUT2D eigenvalue weighted by Crippen LogP contribution is -2.28. The quantitative estimate of drug-likeness (QED) is 0.508. The van der Waals surface area contributed by atoms with E-state index in [9.17, 15) is 14.4 Å². The molecule has 1 unspecified atom stereocenters. The predicted octanol–water partition coefficient (Wildman–Crippen LogP) is 3.55. The summed E-state index contributed by atoms with van der Waals surface area (Å²) < 4.78 is 5.51. The minimum Gasteiger partial charge on any atom is -0.484 e. The summed E-state index contributed by atoms with van der Waals surface area (Å²) in [6, 6.07) is 22.7. The van der Waals surface area contributed by atoms with Crippen molar-refractivity contribution < 1.29 is 19.1 Å². The molecule has 3 aromatic carbocycles. The Morgan fingerprint density at radius 3 is 2.34 bits per heavy atom. The number of benzene rings is 3. The number of rotatable bonds is 8. The molecule has 0 fully saturated rings. The Kier molecular flexibility index (Phi) is 7.59. The van der Waals surface area contributed by atoms with Crippen LogP contribution in [0.15, 0.2) is 78.9 Å². The lowest BCUT2D eigenvalue weighted by atomic mass is 10.1. The molecule has 3 aromatic rings. The van der Waals surface area contributed by atoms with Crippen molar-refractivity contribution in [2.45, 2.75) is 13.0 Å². The first-order valence-electron chi connectivity index (χ1n) is 10.2. The molecule has 0 saturated heterocycles. The molecule has 0 aromatic heterocycles. The minimum atomic E-state index is -0.424. The van der Waals surface area contributed by atoms with E-state index in [0.717, 1.165) is 5.56 Å². The normalized spacial score (nSPS) is 11.2. The van der Waals surface area contributed by atoms with Gasteiger partial charge >= 0.3 is 0 Å². The van der Waals surface area contributed by atoms with E-state index in [1.807, 2.05) is 37.3 Å². The van der Waals surface area contributed by atoms with Crippen LogP contribution in [0, 0.1) is 0 Å². The number of amides is 3. The molecule has 7 heteroatoms. The molecule has 164 valence electrons. The summed E-state index contributed by atoms with van der Waals surface area (Å²) in [5, 5.41) is 8.20. The molecule has 3 rings (SSSR count). The monoisotopic (exact) mass is 431 g/mol. The highest BCUT2D eigenvalue weighted by Gasteiger charge is 2.16. The zero-order valence-corrected chi connectivity index (χ0v) is 17.9. The van der Waals surface area contributed by atoms with Gasteiger partial charge in [-0.1, -0.05) is 48.5 Å². The van der Waals surface area contributed by atoms with Crippen LogP contribution < -0.4 is 20.7 Å². The predicted molar refractivity (Wildman–Crippen MR) is 123 cm³/mol. The fourth-order valence-corrected chi connectivity index (χ4v) is 3.10. The fourth-order valence-electron chi connectivity index (χ4n) is 3.10. The van der Waals surface area contributed by atoms with Crippen molar-refractivity contribution in [1.82, 2.24) is 10.6 Å². The number of para-hydroxylation sites is 1. The number of anilines is 1. The van der Waals surface area contributed by atoms with Crippen LogP contribution in [0.2, 0.25) is 0 Å². The summed E-state index contributed by atoms with van der Waals surface area (Å²) in [6.45, 7) is 1.63. The van der Waals surface area contributed by atoms with Gasteiger partial charge in [0.1, 0.15) is 5.75 Å². The standard InChI is InChI=1S/C25H25N3O4/c1-17(18-9-4-3-5-10-18)27-25(31)21-13-6-7-14-22(21)28-23(29)16-32-20-12-8-11-19(15-20)24(30)26-2/h3-15,17H,16H2,1-2H3,(H,26,30)(H,27,31)(H,28,29). The molecule has 0 aliphatic heterocycles. The maximum absolute atomic E-state index is 12.8. The lowest BCUT2D eigenvalue weighted by Gasteiger charge is -2.16. The van der Waals surface area contributed by atoms with E-state index < -0.39 is 5.91 Å². The topological polar surface area (TPSA) is 96.5 Å². The Hall–Kier alpha value is -4.13. The van der Waals surface area contributed by atoms with Gasteiger partial charge in [-0.3, -0.25) is 14.4 Å². The number of hydrogen-bond donors (Lipinski definition) is 3. The molecule has 7 nitrogen and oxygen atoms in total. The Bertz CT molecular complexity index is 1100. The highest BCUT2D eigenvalue weighted by Crippen LogP contribution is 2.18. The van der Waals surface area contributed by atoms with Crippen LogP contribution in [0.25, 0.3) is 0 Å². The molecule has 0 aliphatic carbocycles. The SMILES string of the molecule is CNC(=O)c1cccc(OCC(=O)Nc2ccccc2C(=O)NC(C)c2ccccc2)c1. The number of carbonyl (C=O) groups excluding carboxylic acids is 3. The second-order valence-corrected chi connectivity index (χ2v) is 7.10. The Morgan fingerprint density at radius 1 is 0.875 bits per heavy atom. The van der Waals surface area contributed by atoms with Crippen molar-refractivity contribution in [3.63, 3.8) is 0 Å². The third-order valence-corrected chi connectivity index (χ3v) is 4.79. The van der Waals surface area contributed by atoms with E-state index in [1.165, 1.54) is 7.05 Å². The van der Waals surface area contributed by atoms with Crippen LogP contribution in [0.3, 0.4) is 0 Å². The van der Waals surface area contributed by atoms with Crippen molar-refractivity contribution in [2.24, 2.45) is 0 Å². The maximum atomic E-state index is 12.8. The zero-order chi connectivity index (χ0) is 22.9. The van der Waals surface area contributed by atoms with Gasteiger partial charge in [-0.25, -0.2) is 0 Å². The molecule has 3 N–H and O–H groups in total. The second kappa shape index (κ2) is 10.8. The van der Waals surface area contributed by atoms with Crippen molar-refractivity contribution in [3.05, 3.63) is 95.6 Å². The molecule has 0 radical (unpaired) electrons. The van der Waals surface area contributed by atoms with Crippen LogP contribution in [-0.2, 0) is 4.79 Å². The van der Waals surface area contributed by atoms with Gasteiger partial charge < -0.3 is 20.7 Å². The molecule has 0 bridgehead atoms. The van der Waals surface area contributed by atoms with Gasteiger partial charge in [-0.15, -0.1) is 0 Å². The number of nitrogens with one attached hydrogen (secondary N) is 3. The van der Waals surface area contributed by atoms with Gasteiger partial charge in [0.2, 0.25) is 0 Å². The maximum Gasteiger partial charge on any atom is 0.262 e. The molecule has 0 aliphatic rings. The van der Waals surface area contributed by atoms with Crippen LogP contribution in [0.1, 0.15) is 39.2 Å². The van der Waals surface area contributed by atoms with Crippen molar-refractivity contribution >= 4 is 23.4 Å². The van der Waals surface area contributed by atoms with Crippen LogP contribution >= 0.6 is 0 Å². The zero-order valence-electron chi connectivity index (χ0n) is 17.9. The average molecular weight is 431 g/mol. The molecule has 1 atom stereocenters. The first-order valence-corrected chi connectivity index (χ1v) is 10.2. The third kappa shape index (κ3) is 5.95. The second-order valence-electron chi connectivity index (χ2n) is 7.10. The number of hydrogen-bond acceptors (Lipinski definition) is 4. The van der Waals surface area contributed by atoms with Gasteiger partial charge in [-0.05, 0) is 42.8 Å². The molecular formula is C25H25N3O4. The van der Waals surface area contributed by atoms with Crippen molar-refractivity contribution in [1.29, 1.82) is 0 Å². The first kappa shape index (κ1) is 22.6. The van der Waals surface area contributed by atoms with E-state index in [1.54, 1.807) is 48.5 Å². The molecule has 0 saturated carbocycles. The largest absolute Gasteiger partial charge is 0.484 e. The Balaban J connectivity index is 1.62. The van der Waals surface area contributed by atoms with Gasteiger partial charge in [0.25, 0.3) is 17.7 Å². The Labute approximate surface area is 186 Å². The van der Waals surface area contributed by atoms with Crippen LogP contribution in [0.5, 0.6) is 5.75 Å². The van der Waals surface area contributed by atoms with Crippen LogP contribution in [0.4, 0.5) is 5.69 Å². The third-order valence-electron chi connectivity index (χ3n) is 4.79. The van der Waals surface area contributed by atoms with Gasteiger partial charge in [0, 0.05) is 12.6 Å². The first-order chi connectivity index (χ1) is 15.5. The summed E-state index contributed by atoms with van der Waals surface area (Å²) in [4.78, 5) is 37.0. The van der Waals surface area contributed by atoms with Crippen molar-refractivity contribution in [3.8, 4) is 5.75 Å². The lowest BCUT2D eigenvalue weighted by molar-refractivity contribution is -0.118. The number of carbonyl (C=O) groups is 3. The smallest absolute Gasteiger partial charge is 0.262 e. The summed E-state index contributed by atoms with van der Waals surface area (Å²) in [6.07, 6.45) is 0. The van der Waals surface area contributed by atoms with Crippen LogP contribution in [-0.4, -0.2) is 31.4 Å². The van der Waals surface area contributed by atoms with Gasteiger partial charge in [-0.2, -0.15) is 0 Å². The Morgan fingerprint density at radius 2 is 1.59 bits per heavy atom. The summed E-state index contributed by atoms with van der Waals surface area (Å²) in [5.41, 5.74) is 2.15. The fraction of sp³-hybridized carbons (Fsp3) is 0.160. The molecule has 0 heterocycles. The highest BCUT2D eigenvalue weighted by atomic mass is 16.5. The molecule has 0 spiro atoms. The van der Waals surface area contributed by atoms with Gasteiger partial charge in [0.15, 0.2) is 6.61 Å². The van der Waals surface area contributed by atoms with Gasteiger partial charge in [0.05, 0.1) is 17.3 Å². The van der Waals surface area contributed by atoms with E-state index in [-0.39, 0.29) is 24.5 Å². The minimum absolute atomic E-state index is 0.191. The molecule has 32 heavy (non-hydrogen) atoms. The highest BCUT2D eigenvalue weighted by molar-refractivity contribution is 6.04. The summed E-state index contributed by atoms with van der Waals surface area (Å²) in [7, 11) is 1.54. The average Bonchev–Trinajstić information content (AvgIpc) is 2.83. The molecular weight excluding hydrogens is 406 g/mol. The van der Waals surface area contributed by atoms with Crippen molar-refractivity contribution in [2.75, 3.05) is 19.0 Å². The number of ether oxygens (including phenoxy) is 1.